The first kappa shape index (κ1) is 30.3. The Balaban J connectivity index is 1.38. The van der Waals surface area contributed by atoms with E-state index >= 15 is 0 Å². The molecule has 1 saturated carbocycles. The number of fused-ring (bicyclic) bond motifs is 1. The molecule has 226 valence electrons. The van der Waals surface area contributed by atoms with Gasteiger partial charge in [-0.05, 0) is 54.7 Å². The minimum absolute atomic E-state index is 0.0162. The Labute approximate surface area is 252 Å². The van der Waals surface area contributed by atoms with E-state index in [1.54, 1.807) is 24.1 Å². The van der Waals surface area contributed by atoms with E-state index in [0.29, 0.717) is 12.2 Å². The van der Waals surface area contributed by atoms with Crippen molar-refractivity contribution in [1.82, 2.24) is 14.5 Å². The standard InChI is InChI=1S/C33H37N3O6S/c1-42-27-16-9-13-25(21-27)23-35(29(22-24-11-3-2-4-12-24)32(38)34-26-14-5-6-15-26)31(37)19-10-20-36-33(39)28-17-7-8-18-30(28)43(36,40)41/h2-4,7-9,11-13,16-18,21,26,29H,5-6,10,14-15,19-20,22-23H2,1H3,(H,34,38)/t29-/m0/s1. The highest BCUT2D eigenvalue weighted by atomic mass is 32.2. The van der Waals surface area contributed by atoms with Gasteiger partial charge in [0.1, 0.15) is 16.7 Å². The zero-order valence-corrected chi connectivity index (χ0v) is 25.1. The summed E-state index contributed by atoms with van der Waals surface area (Å²) in [4.78, 5) is 42.3. The molecule has 3 aromatic rings. The summed E-state index contributed by atoms with van der Waals surface area (Å²) in [6.45, 7) is 0.0320. The number of nitrogens with zero attached hydrogens (tertiary/aromatic N) is 2. The monoisotopic (exact) mass is 603 g/mol. The molecule has 1 heterocycles. The van der Waals surface area contributed by atoms with Crippen molar-refractivity contribution in [2.75, 3.05) is 13.7 Å². The average molecular weight is 604 g/mol. The third-order valence-corrected chi connectivity index (χ3v) is 9.96. The number of carbonyl (C=O) groups excluding carboxylic acids is 3. The van der Waals surface area contributed by atoms with Gasteiger partial charge in [-0.2, -0.15) is 0 Å². The maximum absolute atomic E-state index is 14.0. The number of rotatable bonds is 12. The molecule has 0 radical (unpaired) electrons. The Morgan fingerprint density at radius 1 is 0.977 bits per heavy atom. The number of benzene rings is 3. The van der Waals surface area contributed by atoms with Crippen LogP contribution in [0.4, 0.5) is 0 Å². The van der Waals surface area contributed by atoms with Crippen molar-refractivity contribution in [2.45, 2.75) is 68.5 Å². The first-order valence-electron chi connectivity index (χ1n) is 14.7. The van der Waals surface area contributed by atoms with Crippen LogP contribution in [0, 0.1) is 0 Å². The van der Waals surface area contributed by atoms with Crippen LogP contribution in [0.25, 0.3) is 0 Å². The predicted molar refractivity (Wildman–Crippen MR) is 162 cm³/mol. The van der Waals surface area contributed by atoms with E-state index in [2.05, 4.69) is 5.32 Å². The second kappa shape index (κ2) is 13.4. The number of sulfonamides is 1. The van der Waals surface area contributed by atoms with Crippen LogP contribution in [0.5, 0.6) is 5.75 Å². The zero-order valence-electron chi connectivity index (χ0n) is 24.3. The molecule has 0 saturated heterocycles. The van der Waals surface area contributed by atoms with Crippen molar-refractivity contribution in [2.24, 2.45) is 0 Å². The Hall–Kier alpha value is -4.18. The smallest absolute Gasteiger partial charge is 0.269 e. The maximum atomic E-state index is 14.0. The minimum atomic E-state index is -3.97. The molecule has 43 heavy (non-hydrogen) atoms. The topological polar surface area (TPSA) is 113 Å². The maximum Gasteiger partial charge on any atom is 0.269 e. The first-order chi connectivity index (χ1) is 20.8. The fourth-order valence-electron chi connectivity index (χ4n) is 5.86. The number of amides is 3. The van der Waals surface area contributed by atoms with Crippen LogP contribution in [-0.2, 0) is 32.6 Å². The average Bonchev–Trinajstić information content (AvgIpc) is 3.60. The van der Waals surface area contributed by atoms with Gasteiger partial charge in [-0.3, -0.25) is 14.4 Å². The molecular weight excluding hydrogens is 566 g/mol. The van der Waals surface area contributed by atoms with E-state index in [1.807, 2.05) is 54.6 Å². The highest BCUT2D eigenvalue weighted by Gasteiger charge is 2.40. The molecule has 0 bridgehead atoms. The van der Waals surface area contributed by atoms with E-state index in [-0.39, 0.29) is 54.2 Å². The van der Waals surface area contributed by atoms with Crippen LogP contribution < -0.4 is 10.1 Å². The zero-order chi connectivity index (χ0) is 30.4. The van der Waals surface area contributed by atoms with Gasteiger partial charge in [-0.15, -0.1) is 0 Å². The molecule has 1 N–H and O–H groups in total. The molecule has 0 spiro atoms. The highest BCUT2D eigenvalue weighted by Crippen LogP contribution is 2.30. The van der Waals surface area contributed by atoms with Gasteiger partial charge in [0, 0.05) is 32.0 Å². The van der Waals surface area contributed by atoms with E-state index in [1.165, 1.54) is 12.1 Å². The summed E-state index contributed by atoms with van der Waals surface area (Å²) in [6.07, 6.45) is 4.34. The second-order valence-electron chi connectivity index (χ2n) is 11.1. The van der Waals surface area contributed by atoms with Gasteiger partial charge in [-0.1, -0.05) is 67.4 Å². The van der Waals surface area contributed by atoms with Gasteiger partial charge in [0.15, 0.2) is 0 Å². The molecule has 1 aliphatic heterocycles. The highest BCUT2D eigenvalue weighted by molar-refractivity contribution is 7.90. The lowest BCUT2D eigenvalue weighted by atomic mass is 10.0. The first-order valence-corrected chi connectivity index (χ1v) is 16.1. The summed E-state index contributed by atoms with van der Waals surface area (Å²) in [5.41, 5.74) is 1.86. The second-order valence-corrected chi connectivity index (χ2v) is 12.9. The molecule has 3 amide bonds. The number of hydrogen-bond donors (Lipinski definition) is 1. The third-order valence-electron chi connectivity index (χ3n) is 8.12. The Morgan fingerprint density at radius 3 is 2.40 bits per heavy atom. The number of ether oxygens (including phenoxy) is 1. The summed E-state index contributed by atoms with van der Waals surface area (Å²) < 4.78 is 32.3. The fourth-order valence-corrected chi connectivity index (χ4v) is 7.47. The Morgan fingerprint density at radius 2 is 1.67 bits per heavy atom. The van der Waals surface area contributed by atoms with Crippen LogP contribution in [0.2, 0.25) is 0 Å². The number of methoxy groups -OCH3 is 1. The van der Waals surface area contributed by atoms with E-state index in [9.17, 15) is 22.8 Å². The number of carbonyl (C=O) groups is 3. The van der Waals surface area contributed by atoms with Crippen LogP contribution in [0.3, 0.4) is 0 Å². The molecule has 2 aliphatic rings. The lowest BCUT2D eigenvalue weighted by Gasteiger charge is -2.32. The van der Waals surface area contributed by atoms with E-state index < -0.39 is 22.0 Å². The van der Waals surface area contributed by atoms with E-state index in [0.717, 1.165) is 41.1 Å². The van der Waals surface area contributed by atoms with Gasteiger partial charge < -0.3 is 15.0 Å². The van der Waals surface area contributed by atoms with Crippen molar-refractivity contribution in [3.8, 4) is 5.75 Å². The Bertz CT molecular complexity index is 1570. The molecule has 5 rings (SSSR count). The van der Waals surface area contributed by atoms with Crippen molar-refractivity contribution in [3.05, 3.63) is 95.6 Å². The van der Waals surface area contributed by atoms with Crippen molar-refractivity contribution >= 4 is 27.7 Å². The lowest BCUT2D eigenvalue weighted by Crippen LogP contribution is -2.52. The molecule has 3 aromatic carbocycles. The lowest BCUT2D eigenvalue weighted by molar-refractivity contribution is -0.141. The fraction of sp³-hybridized carbons (Fsp3) is 0.364. The van der Waals surface area contributed by atoms with Gasteiger partial charge >= 0.3 is 0 Å². The van der Waals surface area contributed by atoms with Gasteiger partial charge in [0.2, 0.25) is 11.8 Å². The van der Waals surface area contributed by atoms with Crippen molar-refractivity contribution < 1.29 is 27.5 Å². The Kier molecular flexibility index (Phi) is 9.45. The molecule has 1 atom stereocenters. The molecule has 0 aromatic heterocycles. The van der Waals surface area contributed by atoms with Gasteiger partial charge in [0.25, 0.3) is 15.9 Å². The van der Waals surface area contributed by atoms with Gasteiger partial charge in [0.05, 0.1) is 12.7 Å². The third kappa shape index (κ3) is 6.91. The largest absolute Gasteiger partial charge is 0.497 e. The summed E-state index contributed by atoms with van der Waals surface area (Å²) >= 11 is 0. The van der Waals surface area contributed by atoms with Crippen LogP contribution in [0.1, 0.15) is 60.0 Å². The predicted octanol–water partition coefficient (Wildman–Crippen LogP) is 4.32. The van der Waals surface area contributed by atoms with Crippen LogP contribution in [-0.4, -0.2) is 61.1 Å². The summed E-state index contributed by atoms with van der Waals surface area (Å²) in [5.74, 6) is -0.460. The van der Waals surface area contributed by atoms with Gasteiger partial charge in [-0.25, -0.2) is 12.7 Å². The van der Waals surface area contributed by atoms with Crippen molar-refractivity contribution in [3.63, 3.8) is 0 Å². The summed E-state index contributed by atoms with van der Waals surface area (Å²) in [6, 6.07) is 22.4. The summed E-state index contributed by atoms with van der Waals surface area (Å²) in [5, 5.41) is 3.18. The summed E-state index contributed by atoms with van der Waals surface area (Å²) in [7, 11) is -2.40. The number of hydrogen-bond acceptors (Lipinski definition) is 6. The van der Waals surface area contributed by atoms with E-state index in [4.69, 9.17) is 4.74 Å². The molecule has 10 heteroatoms. The number of nitrogens with one attached hydrogen (secondary N) is 1. The normalized spacial score (nSPS) is 16.5. The SMILES string of the molecule is COc1cccc(CN(C(=O)CCCN2C(=O)c3ccccc3S2(=O)=O)[C@@H](Cc2ccccc2)C(=O)NC2CCCC2)c1. The van der Waals surface area contributed by atoms with Crippen molar-refractivity contribution in [1.29, 1.82) is 0 Å². The molecule has 1 aliphatic carbocycles. The minimum Gasteiger partial charge on any atom is -0.497 e. The molecule has 0 unspecified atom stereocenters. The molecular formula is C33H37N3O6S. The van der Waals surface area contributed by atoms with Crippen LogP contribution in [0.15, 0.2) is 83.8 Å². The quantitative estimate of drug-likeness (QED) is 0.330. The molecule has 9 nitrogen and oxygen atoms in total. The molecule has 1 fully saturated rings. The van der Waals surface area contributed by atoms with Crippen LogP contribution >= 0.6 is 0 Å².